The van der Waals surface area contributed by atoms with Gasteiger partial charge in [0.05, 0.1) is 0 Å². The summed E-state index contributed by atoms with van der Waals surface area (Å²) in [6.45, 7) is 0. The van der Waals surface area contributed by atoms with Gasteiger partial charge in [-0.2, -0.15) is 0 Å². The fourth-order valence-electron chi connectivity index (χ4n) is 1.89. The number of hydrogen-bond donors (Lipinski definition) is 0. The van der Waals surface area contributed by atoms with E-state index >= 15 is 0 Å². The molecule has 22 heavy (non-hydrogen) atoms. The number of alkyl halides is 3. The quantitative estimate of drug-likeness (QED) is 0.421. The van der Waals surface area contributed by atoms with Crippen LogP contribution in [0.5, 0.6) is 0 Å². The Morgan fingerprint density at radius 3 is 1.05 bits per heavy atom. The molecule has 0 aromatic heterocycles. The van der Waals surface area contributed by atoms with Gasteiger partial charge in [-0.25, -0.2) is 0 Å². The fourth-order valence-corrected chi connectivity index (χ4v) is 2.27. The summed E-state index contributed by atoms with van der Waals surface area (Å²) >= 11 is 16.8. The van der Waals surface area contributed by atoms with Crippen molar-refractivity contribution in [1.29, 1.82) is 0 Å². The summed E-state index contributed by atoms with van der Waals surface area (Å²) in [5.74, 6) is 0. The molecule has 0 fully saturated rings. The van der Waals surface area contributed by atoms with Gasteiger partial charge in [-0.1, -0.05) is 126 Å². The largest absolute Gasteiger partial charge is 0.216 e. The van der Waals surface area contributed by atoms with Gasteiger partial charge in [0.25, 0.3) is 0 Å². The molecular formula is C19H15Cl3. The van der Waals surface area contributed by atoms with Crippen molar-refractivity contribution in [3.05, 3.63) is 96.6 Å². The van der Waals surface area contributed by atoms with Crippen LogP contribution in [0.3, 0.4) is 0 Å². The molecule has 112 valence electrons. The van der Waals surface area contributed by atoms with Gasteiger partial charge in [-0.15, -0.1) is 0 Å². The Morgan fingerprint density at radius 2 is 0.773 bits per heavy atom. The Balaban J connectivity index is 0.000000164. The molecule has 0 bridgehead atoms. The van der Waals surface area contributed by atoms with Gasteiger partial charge < -0.3 is 0 Å². The smallest absolute Gasteiger partial charge is 0.0784 e. The third-order valence-electron chi connectivity index (χ3n) is 2.98. The lowest BCUT2D eigenvalue weighted by molar-refractivity contribution is 1.24. The molecule has 0 aliphatic heterocycles. The summed E-state index contributed by atoms with van der Waals surface area (Å²) in [4.78, 5) is 0. The van der Waals surface area contributed by atoms with Crippen LogP contribution in [0, 0.1) is 0 Å². The maximum absolute atomic E-state index is 5.59. The number of rotatable bonds is 1. The fraction of sp³-hybridized carbons (Fsp3) is 0.0526. The molecule has 3 rings (SSSR count). The van der Waals surface area contributed by atoms with Gasteiger partial charge in [0.2, 0.25) is 3.79 Å². The first-order chi connectivity index (χ1) is 10.6. The standard InChI is InChI=1S/C12H10.C7H5Cl3/c1-3-7-11(8-4-1)12-9-5-2-6-10-12;8-7(9,10)6-4-2-1-3-5-6/h1-10H;1-5H. The van der Waals surface area contributed by atoms with E-state index < -0.39 is 3.79 Å². The molecule has 3 aromatic rings. The molecular weight excluding hydrogens is 335 g/mol. The van der Waals surface area contributed by atoms with Gasteiger partial charge in [0.15, 0.2) is 0 Å². The second kappa shape index (κ2) is 8.24. The minimum absolute atomic E-state index is 0.694. The zero-order valence-corrected chi connectivity index (χ0v) is 14.1. The number of halogens is 3. The summed E-state index contributed by atoms with van der Waals surface area (Å²) in [6, 6.07) is 29.9. The molecule has 0 radical (unpaired) electrons. The molecule has 0 aliphatic rings. The zero-order chi connectivity index (χ0) is 15.8. The second-order valence-corrected chi connectivity index (χ2v) is 6.88. The number of benzene rings is 3. The molecule has 0 saturated heterocycles. The highest BCUT2D eigenvalue weighted by atomic mass is 35.6. The molecule has 3 heteroatoms. The van der Waals surface area contributed by atoms with Gasteiger partial charge in [0.1, 0.15) is 0 Å². The first kappa shape index (κ1) is 16.9. The molecule has 0 saturated carbocycles. The molecule has 0 atom stereocenters. The van der Waals surface area contributed by atoms with E-state index in [0.29, 0.717) is 5.56 Å². The van der Waals surface area contributed by atoms with Gasteiger partial charge in [-0.3, -0.25) is 0 Å². The Labute approximate surface area is 146 Å². The molecule has 0 heterocycles. The normalized spacial score (nSPS) is 10.5. The Bertz CT molecular complexity index is 622. The van der Waals surface area contributed by atoms with Crippen molar-refractivity contribution in [1.82, 2.24) is 0 Å². The van der Waals surface area contributed by atoms with E-state index in [9.17, 15) is 0 Å². The van der Waals surface area contributed by atoms with Crippen LogP contribution in [0.15, 0.2) is 91.0 Å². The van der Waals surface area contributed by atoms with E-state index in [2.05, 4.69) is 48.5 Å². The van der Waals surface area contributed by atoms with Crippen molar-refractivity contribution in [2.75, 3.05) is 0 Å². The van der Waals surface area contributed by atoms with Gasteiger partial charge in [0, 0.05) is 5.56 Å². The summed E-state index contributed by atoms with van der Waals surface area (Å²) in [6.07, 6.45) is 0. The van der Waals surface area contributed by atoms with E-state index in [1.165, 1.54) is 11.1 Å². The van der Waals surface area contributed by atoms with Crippen molar-refractivity contribution < 1.29 is 0 Å². The molecule has 0 nitrogen and oxygen atoms in total. The lowest BCUT2D eigenvalue weighted by atomic mass is 10.1. The first-order valence-electron chi connectivity index (χ1n) is 6.80. The molecule has 0 N–H and O–H groups in total. The Hall–Kier alpha value is -1.47. The van der Waals surface area contributed by atoms with Crippen LogP contribution in [-0.4, -0.2) is 0 Å². The third-order valence-corrected chi connectivity index (χ3v) is 3.64. The molecule has 0 amide bonds. The lowest BCUT2D eigenvalue weighted by Crippen LogP contribution is -1.98. The predicted octanol–water partition coefficient (Wildman–Crippen LogP) is 6.87. The molecule has 3 aromatic carbocycles. The van der Waals surface area contributed by atoms with Crippen molar-refractivity contribution in [2.45, 2.75) is 3.79 Å². The predicted molar refractivity (Wildman–Crippen MR) is 97.6 cm³/mol. The monoisotopic (exact) mass is 348 g/mol. The van der Waals surface area contributed by atoms with Crippen molar-refractivity contribution in [3.8, 4) is 11.1 Å². The topological polar surface area (TPSA) is 0 Å². The van der Waals surface area contributed by atoms with Crippen molar-refractivity contribution in [2.24, 2.45) is 0 Å². The summed E-state index contributed by atoms with van der Waals surface area (Å²) in [7, 11) is 0. The molecule has 0 unspecified atom stereocenters. The second-order valence-electron chi connectivity index (χ2n) is 4.60. The first-order valence-corrected chi connectivity index (χ1v) is 7.93. The lowest BCUT2D eigenvalue weighted by Gasteiger charge is -2.09. The third kappa shape index (κ3) is 5.38. The summed E-state index contributed by atoms with van der Waals surface area (Å²) in [5, 5.41) is 0. The number of hydrogen-bond acceptors (Lipinski definition) is 0. The van der Waals surface area contributed by atoms with E-state index in [-0.39, 0.29) is 0 Å². The SMILES string of the molecule is ClC(Cl)(Cl)c1ccccc1.c1ccc(-c2ccccc2)cc1. The average Bonchev–Trinajstić information content (AvgIpc) is 2.57. The molecule has 0 aliphatic carbocycles. The Kier molecular flexibility index (Phi) is 6.33. The Morgan fingerprint density at radius 1 is 0.455 bits per heavy atom. The van der Waals surface area contributed by atoms with Gasteiger partial charge >= 0.3 is 0 Å². The van der Waals surface area contributed by atoms with Crippen LogP contribution in [0.2, 0.25) is 0 Å². The van der Waals surface area contributed by atoms with Gasteiger partial charge in [-0.05, 0) is 11.1 Å². The summed E-state index contributed by atoms with van der Waals surface area (Å²) in [5.41, 5.74) is 3.25. The van der Waals surface area contributed by atoms with E-state index in [0.717, 1.165) is 0 Å². The van der Waals surface area contributed by atoms with Crippen LogP contribution in [0.4, 0.5) is 0 Å². The highest BCUT2D eigenvalue weighted by molar-refractivity contribution is 6.66. The van der Waals surface area contributed by atoms with Crippen LogP contribution >= 0.6 is 34.8 Å². The van der Waals surface area contributed by atoms with Crippen LogP contribution < -0.4 is 0 Å². The van der Waals surface area contributed by atoms with E-state index in [4.69, 9.17) is 34.8 Å². The summed E-state index contributed by atoms with van der Waals surface area (Å²) < 4.78 is -1.29. The maximum Gasteiger partial charge on any atom is 0.216 e. The molecule has 0 spiro atoms. The highest BCUT2D eigenvalue weighted by Gasteiger charge is 2.21. The minimum atomic E-state index is -1.29. The van der Waals surface area contributed by atoms with Crippen molar-refractivity contribution in [3.63, 3.8) is 0 Å². The van der Waals surface area contributed by atoms with Crippen molar-refractivity contribution >= 4 is 34.8 Å². The zero-order valence-electron chi connectivity index (χ0n) is 11.8. The minimum Gasteiger partial charge on any atom is -0.0784 e. The van der Waals surface area contributed by atoms with Crippen LogP contribution in [-0.2, 0) is 3.79 Å². The maximum atomic E-state index is 5.59. The van der Waals surface area contributed by atoms with Crippen LogP contribution in [0.25, 0.3) is 11.1 Å². The van der Waals surface area contributed by atoms with E-state index in [1.54, 1.807) is 12.1 Å². The highest BCUT2D eigenvalue weighted by Crippen LogP contribution is 2.37. The van der Waals surface area contributed by atoms with E-state index in [1.807, 2.05) is 30.3 Å². The van der Waals surface area contributed by atoms with Crippen LogP contribution in [0.1, 0.15) is 5.56 Å². The average molecular weight is 350 g/mol.